The van der Waals surface area contributed by atoms with Gasteiger partial charge in [-0.15, -0.1) is 0 Å². The molecule has 0 saturated heterocycles. The molecule has 1 atom stereocenters. The number of ether oxygens (including phenoxy) is 1. The lowest BCUT2D eigenvalue weighted by Gasteiger charge is -2.45. The third kappa shape index (κ3) is 3.88. The largest absolute Gasteiger partial charge is 0.457 e. The van der Waals surface area contributed by atoms with Crippen LogP contribution in [0.25, 0.3) is 0 Å². The predicted molar refractivity (Wildman–Crippen MR) is 123 cm³/mol. The van der Waals surface area contributed by atoms with Crippen LogP contribution in [0.1, 0.15) is 38.2 Å². The van der Waals surface area contributed by atoms with E-state index in [2.05, 4.69) is 19.9 Å². The Bertz CT molecular complexity index is 1160. The van der Waals surface area contributed by atoms with Crippen LogP contribution < -0.4 is 10.5 Å². The molecule has 32 heavy (non-hydrogen) atoms. The number of hydrogen-bond acceptors (Lipinski definition) is 6. The number of nitrogens with zero attached hydrogens (tertiary/aromatic N) is 3. The molecule has 1 heterocycles. The summed E-state index contributed by atoms with van der Waals surface area (Å²) >= 11 is 0. The number of allylic oxidation sites excluding steroid dienone is 3. The van der Waals surface area contributed by atoms with Crippen LogP contribution in [-0.2, 0) is 4.79 Å². The lowest BCUT2D eigenvalue weighted by molar-refractivity contribution is -0.119. The Hall–Kier alpha value is -3.56. The van der Waals surface area contributed by atoms with E-state index in [-0.39, 0.29) is 11.2 Å². The molecule has 2 N–H and O–H groups in total. The van der Waals surface area contributed by atoms with E-state index in [0.717, 1.165) is 17.0 Å². The van der Waals surface area contributed by atoms with Crippen LogP contribution >= 0.6 is 0 Å². The van der Waals surface area contributed by atoms with Crippen molar-refractivity contribution >= 4 is 5.78 Å². The fraction of sp³-hybridized carbons (Fsp3) is 0.308. The minimum absolute atomic E-state index is 0.0581. The molecule has 164 valence electrons. The molecule has 0 amide bonds. The summed E-state index contributed by atoms with van der Waals surface area (Å²) < 4.78 is 6.01. The van der Waals surface area contributed by atoms with E-state index in [1.54, 1.807) is 0 Å². The topological polar surface area (TPSA) is 82.6 Å². The first kappa shape index (κ1) is 21.7. The molecule has 0 radical (unpaired) electrons. The Morgan fingerprint density at radius 1 is 1.09 bits per heavy atom. The first-order valence-electron chi connectivity index (χ1n) is 10.7. The van der Waals surface area contributed by atoms with Gasteiger partial charge in [0.15, 0.2) is 5.78 Å². The molecule has 1 unspecified atom stereocenters. The Morgan fingerprint density at radius 2 is 1.78 bits per heavy atom. The van der Waals surface area contributed by atoms with Gasteiger partial charge in [0.05, 0.1) is 17.6 Å². The highest BCUT2D eigenvalue weighted by Gasteiger charge is 2.45. The summed E-state index contributed by atoms with van der Waals surface area (Å²) in [5.74, 6) is 1.27. The van der Waals surface area contributed by atoms with E-state index >= 15 is 0 Å². The lowest BCUT2D eigenvalue weighted by atomic mass is 9.69. The van der Waals surface area contributed by atoms with Crippen LogP contribution in [-0.4, -0.2) is 29.9 Å². The number of carbonyl (C=O) groups excluding carboxylic acids is 1. The second-order valence-corrected chi connectivity index (χ2v) is 9.29. The van der Waals surface area contributed by atoms with E-state index in [4.69, 9.17) is 10.5 Å². The maximum atomic E-state index is 13.4. The van der Waals surface area contributed by atoms with Gasteiger partial charge in [-0.25, -0.2) is 5.01 Å². The van der Waals surface area contributed by atoms with Crippen molar-refractivity contribution < 1.29 is 9.53 Å². The molecule has 1 aliphatic heterocycles. The highest BCUT2D eigenvalue weighted by molar-refractivity contribution is 6.00. The van der Waals surface area contributed by atoms with E-state index < -0.39 is 5.92 Å². The van der Waals surface area contributed by atoms with Gasteiger partial charge in [-0.1, -0.05) is 44.2 Å². The van der Waals surface area contributed by atoms with Crippen LogP contribution in [0.2, 0.25) is 0 Å². The zero-order chi connectivity index (χ0) is 23.0. The summed E-state index contributed by atoms with van der Waals surface area (Å²) in [6.07, 6.45) is 1.13. The van der Waals surface area contributed by atoms with E-state index in [9.17, 15) is 10.1 Å². The zero-order valence-electron chi connectivity index (χ0n) is 18.9. The van der Waals surface area contributed by atoms with Crippen molar-refractivity contribution in [3.63, 3.8) is 0 Å². The van der Waals surface area contributed by atoms with Crippen molar-refractivity contribution in [1.29, 1.82) is 5.26 Å². The van der Waals surface area contributed by atoms with Crippen molar-refractivity contribution in [3.8, 4) is 17.6 Å². The van der Waals surface area contributed by atoms with E-state index in [0.29, 0.717) is 35.6 Å². The number of para-hydroxylation sites is 1. The smallest absolute Gasteiger partial charge is 0.162 e. The second-order valence-electron chi connectivity index (χ2n) is 9.29. The number of carbonyl (C=O) groups is 1. The molecule has 0 bridgehead atoms. The maximum absolute atomic E-state index is 13.4. The van der Waals surface area contributed by atoms with E-state index in [1.807, 2.05) is 78.7 Å². The summed E-state index contributed by atoms with van der Waals surface area (Å²) in [6.45, 7) is 4.18. The van der Waals surface area contributed by atoms with Gasteiger partial charge in [-0.05, 0) is 41.7 Å². The lowest BCUT2D eigenvalue weighted by Crippen LogP contribution is -2.47. The average Bonchev–Trinajstić information content (AvgIpc) is 2.72. The third-order valence-electron chi connectivity index (χ3n) is 5.92. The van der Waals surface area contributed by atoms with Gasteiger partial charge in [0, 0.05) is 31.8 Å². The van der Waals surface area contributed by atoms with Crippen molar-refractivity contribution in [3.05, 3.63) is 82.8 Å². The highest BCUT2D eigenvalue weighted by Crippen LogP contribution is 2.49. The SMILES string of the molecule is CN(C)N1C(N)=C(C#N)C(c2cccc(Oc3ccccc3)c2)C2=C1CC(C)(C)CC2=O. The summed E-state index contributed by atoms with van der Waals surface area (Å²) in [4.78, 5) is 13.4. The van der Waals surface area contributed by atoms with Crippen molar-refractivity contribution in [2.45, 2.75) is 32.6 Å². The number of nitrogens with two attached hydrogens (primary N) is 1. The minimum Gasteiger partial charge on any atom is -0.457 e. The molecular weight excluding hydrogens is 400 g/mol. The number of hydrazine groups is 1. The quantitative estimate of drug-likeness (QED) is 0.761. The zero-order valence-corrected chi connectivity index (χ0v) is 18.9. The predicted octanol–water partition coefficient (Wildman–Crippen LogP) is 4.69. The van der Waals surface area contributed by atoms with Gasteiger partial charge in [-0.3, -0.25) is 9.80 Å². The monoisotopic (exact) mass is 428 g/mol. The molecule has 0 fully saturated rings. The molecule has 0 aromatic heterocycles. The molecular formula is C26H28N4O2. The number of ketones is 1. The first-order chi connectivity index (χ1) is 15.2. The molecule has 2 aliphatic rings. The van der Waals surface area contributed by atoms with Crippen LogP contribution in [0.3, 0.4) is 0 Å². The molecule has 6 heteroatoms. The fourth-order valence-electron chi connectivity index (χ4n) is 4.66. The Labute approximate surface area is 189 Å². The number of nitriles is 1. The van der Waals surface area contributed by atoms with Crippen LogP contribution in [0.15, 0.2) is 77.3 Å². The van der Waals surface area contributed by atoms with Crippen molar-refractivity contribution in [2.24, 2.45) is 11.1 Å². The number of rotatable bonds is 4. The van der Waals surface area contributed by atoms with Crippen LogP contribution in [0.5, 0.6) is 11.5 Å². The summed E-state index contributed by atoms with van der Waals surface area (Å²) in [5, 5.41) is 13.7. The van der Waals surface area contributed by atoms with Crippen molar-refractivity contribution in [2.75, 3.05) is 14.1 Å². The Morgan fingerprint density at radius 3 is 2.44 bits per heavy atom. The summed E-state index contributed by atoms with van der Waals surface area (Å²) in [7, 11) is 3.74. The number of hydrogen-bond donors (Lipinski definition) is 1. The summed E-state index contributed by atoms with van der Waals surface area (Å²) in [6, 6.07) is 19.4. The van der Waals surface area contributed by atoms with Crippen LogP contribution in [0.4, 0.5) is 0 Å². The molecule has 2 aromatic carbocycles. The van der Waals surface area contributed by atoms with Gasteiger partial charge in [0.25, 0.3) is 0 Å². The molecule has 1 aliphatic carbocycles. The Balaban J connectivity index is 1.85. The van der Waals surface area contributed by atoms with Crippen molar-refractivity contribution in [1.82, 2.24) is 10.0 Å². The molecule has 4 rings (SSSR count). The standard InChI is InChI=1S/C26H28N4O2/c1-26(2)14-21-24(22(31)15-26)23(20(16-27)25(28)30(21)29(3)4)17-9-8-12-19(13-17)32-18-10-6-5-7-11-18/h5-13,23H,14-15,28H2,1-4H3. The van der Waals surface area contributed by atoms with Gasteiger partial charge in [0.1, 0.15) is 17.3 Å². The van der Waals surface area contributed by atoms with E-state index in [1.165, 1.54) is 0 Å². The highest BCUT2D eigenvalue weighted by atomic mass is 16.5. The normalized spacial score (nSPS) is 20.3. The maximum Gasteiger partial charge on any atom is 0.162 e. The first-order valence-corrected chi connectivity index (χ1v) is 10.7. The van der Waals surface area contributed by atoms with Gasteiger partial charge >= 0.3 is 0 Å². The molecule has 2 aromatic rings. The van der Waals surface area contributed by atoms with Gasteiger partial charge in [-0.2, -0.15) is 5.26 Å². The fourth-order valence-corrected chi connectivity index (χ4v) is 4.66. The average molecular weight is 429 g/mol. The minimum atomic E-state index is -0.519. The summed E-state index contributed by atoms with van der Waals surface area (Å²) in [5.41, 5.74) is 9.06. The van der Waals surface area contributed by atoms with Gasteiger partial charge in [0.2, 0.25) is 0 Å². The number of benzene rings is 2. The van der Waals surface area contributed by atoms with Crippen LogP contribution in [0, 0.1) is 16.7 Å². The second kappa shape index (κ2) is 8.18. The molecule has 0 spiro atoms. The molecule has 0 saturated carbocycles. The third-order valence-corrected chi connectivity index (χ3v) is 5.92. The number of Topliss-reactive ketones (excluding diaryl/α,β-unsaturated/α-hetero) is 1. The Kier molecular flexibility index (Phi) is 5.53. The van der Waals surface area contributed by atoms with Gasteiger partial charge < -0.3 is 10.5 Å². The molecule has 6 nitrogen and oxygen atoms in total.